The zero-order valence-electron chi connectivity index (χ0n) is 10.4. The lowest BCUT2D eigenvalue weighted by Crippen LogP contribution is -2.36. The number of aromatic nitrogens is 3. The minimum Gasteiger partial charge on any atom is -0.312 e. The highest BCUT2D eigenvalue weighted by atomic mass is 15.4. The van der Waals surface area contributed by atoms with E-state index < -0.39 is 0 Å². The molecular formula is C13H22N4. The van der Waals surface area contributed by atoms with Gasteiger partial charge in [0.1, 0.15) is 0 Å². The van der Waals surface area contributed by atoms with Gasteiger partial charge in [0, 0.05) is 18.8 Å². The Morgan fingerprint density at radius 2 is 2.12 bits per heavy atom. The Labute approximate surface area is 103 Å². The third-order valence-corrected chi connectivity index (χ3v) is 4.25. The normalized spacial score (nSPS) is 29.4. The van der Waals surface area contributed by atoms with Gasteiger partial charge in [-0.05, 0) is 37.5 Å². The second-order valence-electron chi connectivity index (χ2n) is 5.58. The van der Waals surface area contributed by atoms with Crippen LogP contribution in [0.2, 0.25) is 0 Å². The summed E-state index contributed by atoms with van der Waals surface area (Å²) in [7, 11) is 0. The van der Waals surface area contributed by atoms with Crippen LogP contribution >= 0.6 is 0 Å². The van der Waals surface area contributed by atoms with Gasteiger partial charge in [0.05, 0.1) is 12.7 Å². The molecule has 94 valence electrons. The number of nitrogens with one attached hydrogen (secondary N) is 1. The maximum absolute atomic E-state index is 3.98. The molecule has 0 aromatic carbocycles. The molecule has 2 aliphatic carbocycles. The molecule has 0 spiro atoms. The van der Waals surface area contributed by atoms with E-state index in [-0.39, 0.29) is 0 Å². The highest BCUT2D eigenvalue weighted by Gasteiger charge is 2.34. The predicted octanol–water partition coefficient (Wildman–Crippen LogP) is 1.84. The lowest BCUT2D eigenvalue weighted by Gasteiger charge is -2.30. The Bertz CT molecular complexity index is 331. The van der Waals surface area contributed by atoms with Crippen molar-refractivity contribution in [3.63, 3.8) is 0 Å². The Kier molecular flexibility index (Phi) is 3.41. The molecule has 2 atom stereocenters. The van der Waals surface area contributed by atoms with Crippen LogP contribution < -0.4 is 5.32 Å². The lowest BCUT2D eigenvalue weighted by atomic mass is 9.83. The summed E-state index contributed by atoms with van der Waals surface area (Å²) < 4.78 is 1.90. The molecule has 0 bridgehead atoms. The van der Waals surface area contributed by atoms with Crippen LogP contribution in [0.4, 0.5) is 0 Å². The van der Waals surface area contributed by atoms with E-state index in [1.165, 1.54) is 38.5 Å². The van der Waals surface area contributed by atoms with Crippen molar-refractivity contribution in [2.75, 3.05) is 6.54 Å². The molecule has 17 heavy (non-hydrogen) atoms. The van der Waals surface area contributed by atoms with Crippen molar-refractivity contribution in [3.8, 4) is 0 Å². The third kappa shape index (κ3) is 3.06. The number of nitrogens with zero attached hydrogens (tertiary/aromatic N) is 3. The van der Waals surface area contributed by atoms with Crippen LogP contribution in [0, 0.1) is 11.8 Å². The Hall–Kier alpha value is -0.900. The summed E-state index contributed by atoms with van der Waals surface area (Å²) in [5.41, 5.74) is 0. The van der Waals surface area contributed by atoms with Crippen LogP contribution in [0.1, 0.15) is 38.5 Å². The quantitative estimate of drug-likeness (QED) is 0.845. The van der Waals surface area contributed by atoms with Crippen molar-refractivity contribution in [1.29, 1.82) is 0 Å². The van der Waals surface area contributed by atoms with Crippen LogP contribution in [0.3, 0.4) is 0 Å². The third-order valence-electron chi connectivity index (χ3n) is 4.25. The van der Waals surface area contributed by atoms with E-state index in [9.17, 15) is 0 Å². The van der Waals surface area contributed by atoms with Gasteiger partial charge >= 0.3 is 0 Å². The van der Waals surface area contributed by atoms with E-state index in [1.807, 2.05) is 10.9 Å². The molecule has 1 aromatic heterocycles. The van der Waals surface area contributed by atoms with Crippen molar-refractivity contribution in [2.24, 2.45) is 11.8 Å². The minimum absolute atomic E-state index is 0.748. The highest BCUT2D eigenvalue weighted by Crippen LogP contribution is 2.43. The first-order valence-corrected chi connectivity index (χ1v) is 6.99. The molecule has 0 saturated heterocycles. The summed E-state index contributed by atoms with van der Waals surface area (Å²) in [5, 5.41) is 11.5. The lowest BCUT2D eigenvalue weighted by molar-refractivity contribution is 0.259. The second kappa shape index (κ2) is 5.17. The van der Waals surface area contributed by atoms with Gasteiger partial charge in [-0.2, -0.15) is 0 Å². The standard InChI is InChI=1S/C13H22N4/c1-2-12(11-4-5-11)10-13(3-1)14-6-8-17-9-7-15-16-17/h7,9,11-14H,1-6,8,10H2. The van der Waals surface area contributed by atoms with Crippen LogP contribution in [0.5, 0.6) is 0 Å². The summed E-state index contributed by atoms with van der Waals surface area (Å²) in [6, 6.07) is 0.748. The molecule has 2 aliphatic rings. The SMILES string of the molecule is c1cn(CCNC2CCCC(C3CC3)C2)nn1. The van der Waals surface area contributed by atoms with E-state index >= 15 is 0 Å². The van der Waals surface area contributed by atoms with Gasteiger partial charge < -0.3 is 5.32 Å². The molecule has 2 unspecified atom stereocenters. The molecule has 1 N–H and O–H groups in total. The smallest absolute Gasteiger partial charge is 0.0692 e. The van der Waals surface area contributed by atoms with E-state index in [0.717, 1.165) is 31.0 Å². The van der Waals surface area contributed by atoms with E-state index in [2.05, 4.69) is 15.6 Å². The van der Waals surface area contributed by atoms with Gasteiger partial charge in [0.2, 0.25) is 0 Å². The maximum atomic E-state index is 3.98. The van der Waals surface area contributed by atoms with Crippen LogP contribution in [0.15, 0.2) is 12.4 Å². The van der Waals surface area contributed by atoms with Gasteiger partial charge in [-0.25, -0.2) is 0 Å². The fraction of sp³-hybridized carbons (Fsp3) is 0.846. The van der Waals surface area contributed by atoms with Gasteiger partial charge in [0.15, 0.2) is 0 Å². The van der Waals surface area contributed by atoms with Gasteiger partial charge in [-0.1, -0.05) is 18.1 Å². The molecule has 1 heterocycles. The first-order chi connectivity index (χ1) is 8.42. The molecule has 0 aliphatic heterocycles. The van der Waals surface area contributed by atoms with E-state index in [1.54, 1.807) is 6.20 Å². The molecule has 0 radical (unpaired) electrons. The largest absolute Gasteiger partial charge is 0.312 e. The van der Waals surface area contributed by atoms with Gasteiger partial charge in [-0.15, -0.1) is 5.10 Å². The van der Waals surface area contributed by atoms with Gasteiger partial charge in [0.25, 0.3) is 0 Å². The monoisotopic (exact) mass is 234 g/mol. The Morgan fingerprint density at radius 1 is 1.18 bits per heavy atom. The van der Waals surface area contributed by atoms with Crippen molar-refractivity contribution in [3.05, 3.63) is 12.4 Å². The predicted molar refractivity (Wildman–Crippen MR) is 66.5 cm³/mol. The Balaban J connectivity index is 1.39. The number of hydrogen-bond acceptors (Lipinski definition) is 3. The molecule has 3 rings (SSSR count). The molecular weight excluding hydrogens is 212 g/mol. The van der Waals surface area contributed by atoms with Crippen LogP contribution in [0.25, 0.3) is 0 Å². The fourth-order valence-electron chi connectivity index (χ4n) is 3.14. The second-order valence-corrected chi connectivity index (χ2v) is 5.58. The van der Waals surface area contributed by atoms with Crippen LogP contribution in [-0.2, 0) is 6.54 Å². The molecule has 2 fully saturated rings. The summed E-state index contributed by atoms with van der Waals surface area (Å²) in [4.78, 5) is 0. The first kappa shape index (κ1) is 11.2. The molecule has 4 nitrogen and oxygen atoms in total. The molecule has 1 aromatic rings. The van der Waals surface area contributed by atoms with E-state index in [4.69, 9.17) is 0 Å². The number of hydrogen-bond donors (Lipinski definition) is 1. The summed E-state index contributed by atoms with van der Waals surface area (Å²) in [5.74, 6) is 2.10. The van der Waals surface area contributed by atoms with Gasteiger partial charge in [-0.3, -0.25) is 4.68 Å². The number of rotatable bonds is 5. The average molecular weight is 234 g/mol. The zero-order chi connectivity index (χ0) is 11.5. The molecule has 4 heteroatoms. The maximum Gasteiger partial charge on any atom is 0.0692 e. The summed E-state index contributed by atoms with van der Waals surface area (Å²) in [6.45, 7) is 1.95. The minimum atomic E-state index is 0.748. The van der Waals surface area contributed by atoms with Crippen molar-refractivity contribution < 1.29 is 0 Å². The van der Waals surface area contributed by atoms with Crippen molar-refractivity contribution >= 4 is 0 Å². The summed E-state index contributed by atoms with van der Waals surface area (Å²) >= 11 is 0. The first-order valence-electron chi connectivity index (χ1n) is 6.99. The zero-order valence-corrected chi connectivity index (χ0v) is 10.4. The molecule has 0 amide bonds. The van der Waals surface area contributed by atoms with Crippen LogP contribution in [-0.4, -0.2) is 27.6 Å². The average Bonchev–Trinajstić information content (AvgIpc) is 3.09. The topological polar surface area (TPSA) is 42.7 Å². The molecule has 2 saturated carbocycles. The highest BCUT2D eigenvalue weighted by molar-refractivity contribution is 4.87. The summed E-state index contributed by atoms with van der Waals surface area (Å²) in [6.07, 6.45) is 12.3. The Morgan fingerprint density at radius 3 is 2.88 bits per heavy atom. The van der Waals surface area contributed by atoms with Crippen molar-refractivity contribution in [1.82, 2.24) is 20.3 Å². The fourth-order valence-corrected chi connectivity index (χ4v) is 3.14. The van der Waals surface area contributed by atoms with Crippen molar-refractivity contribution in [2.45, 2.75) is 51.1 Å². The van der Waals surface area contributed by atoms with E-state index in [0.29, 0.717) is 0 Å².